The molecule has 0 spiro atoms. The standard InChI is InChI=1S/C17H18FN3O2/c1-11-7-8-13(18)10-15(11)17(23)20-19-16(22)12-5-4-6-14(9-12)21(2)3/h4-10H,1-3H3,(H,19,22)(H,20,23). The molecular formula is C17H18FN3O2. The topological polar surface area (TPSA) is 61.4 Å². The van der Waals surface area contributed by atoms with E-state index in [-0.39, 0.29) is 5.56 Å². The highest BCUT2D eigenvalue weighted by Gasteiger charge is 2.12. The van der Waals surface area contributed by atoms with Gasteiger partial charge in [0.05, 0.1) is 0 Å². The van der Waals surface area contributed by atoms with Crippen LogP contribution in [0.15, 0.2) is 42.5 Å². The Kier molecular flexibility index (Phi) is 4.95. The van der Waals surface area contributed by atoms with Gasteiger partial charge in [-0.05, 0) is 42.8 Å². The molecule has 2 rings (SSSR count). The molecule has 0 saturated carbocycles. The van der Waals surface area contributed by atoms with Gasteiger partial charge in [-0.15, -0.1) is 0 Å². The summed E-state index contributed by atoms with van der Waals surface area (Å²) in [5, 5.41) is 0. The van der Waals surface area contributed by atoms with E-state index in [1.165, 1.54) is 12.1 Å². The number of hydrogen-bond acceptors (Lipinski definition) is 3. The van der Waals surface area contributed by atoms with Gasteiger partial charge < -0.3 is 4.90 Å². The van der Waals surface area contributed by atoms with Gasteiger partial charge in [0.15, 0.2) is 0 Å². The molecule has 120 valence electrons. The summed E-state index contributed by atoms with van der Waals surface area (Å²) in [5.74, 6) is -1.53. The molecule has 2 amide bonds. The molecule has 5 nitrogen and oxygen atoms in total. The Balaban J connectivity index is 2.05. The van der Waals surface area contributed by atoms with Gasteiger partial charge in [0.2, 0.25) is 0 Å². The zero-order chi connectivity index (χ0) is 17.0. The first-order valence-corrected chi connectivity index (χ1v) is 7.02. The van der Waals surface area contributed by atoms with Crippen LogP contribution in [0.3, 0.4) is 0 Å². The molecule has 2 aromatic carbocycles. The van der Waals surface area contributed by atoms with Gasteiger partial charge in [0.25, 0.3) is 11.8 Å². The lowest BCUT2D eigenvalue weighted by atomic mass is 10.1. The summed E-state index contributed by atoms with van der Waals surface area (Å²) in [6.07, 6.45) is 0. The maximum Gasteiger partial charge on any atom is 0.270 e. The molecule has 23 heavy (non-hydrogen) atoms. The predicted octanol–water partition coefficient (Wildman–Crippen LogP) is 2.27. The van der Waals surface area contributed by atoms with Gasteiger partial charge in [-0.1, -0.05) is 12.1 Å². The first-order chi connectivity index (χ1) is 10.9. The molecule has 2 aromatic rings. The van der Waals surface area contributed by atoms with Crippen LogP contribution in [0.4, 0.5) is 10.1 Å². The fraction of sp³-hybridized carbons (Fsp3) is 0.176. The Bertz CT molecular complexity index is 744. The van der Waals surface area contributed by atoms with Gasteiger partial charge >= 0.3 is 0 Å². The number of rotatable bonds is 3. The Hall–Kier alpha value is -2.89. The lowest BCUT2D eigenvalue weighted by Crippen LogP contribution is -2.41. The lowest BCUT2D eigenvalue weighted by molar-refractivity contribution is 0.0846. The largest absolute Gasteiger partial charge is 0.378 e. The molecule has 0 aromatic heterocycles. The summed E-state index contributed by atoms with van der Waals surface area (Å²) in [4.78, 5) is 26.0. The molecule has 0 unspecified atom stereocenters. The molecule has 6 heteroatoms. The van der Waals surface area contributed by atoms with Crippen molar-refractivity contribution in [2.45, 2.75) is 6.92 Å². The van der Waals surface area contributed by atoms with Crippen LogP contribution >= 0.6 is 0 Å². The third-order valence-electron chi connectivity index (χ3n) is 3.36. The average Bonchev–Trinajstić information content (AvgIpc) is 2.54. The van der Waals surface area contributed by atoms with Crippen LogP contribution in [0.5, 0.6) is 0 Å². The first-order valence-electron chi connectivity index (χ1n) is 7.02. The molecule has 0 heterocycles. The van der Waals surface area contributed by atoms with Gasteiger partial charge in [-0.3, -0.25) is 20.4 Å². The monoisotopic (exact) mass is 315 g/mol. The minimum Gasteiger partial charge on any atom is -0.378 e. The number of benzene rings is 2. The van der Waals surface area contributed by atoms with Crippen LogP contribution in [0, 0.1) is 12.7 Å². The molecule has 0 bridgehead atoms. The third-order valence-corrected chi connectivity index (χ3v) is 3.36. The highest BCUT2D eigenvalue weighted by atomic mass is 19.1. The minimum absolute atomic E-state index is 0.173. The van der Waals surface area contributed by atoms with E-state index in [0.717, 1.165) is 11.8 Å². The molecule has 2 N–H and O–H groups in total. The van der Waals surface area contributed by atoms with Crippen molar-refractivity contribution in [1.82, 2.24) is 10.9 Å². The summed E-state index contributed by atoms with van der Waals surface area (Å²) in [5.41, 5.74) is 6.69. The fourth-order valence-electron chi connectivity index (χ4n) is 2.02. The smallest absolute Gasteiger partial charge is 0.270 e. The summed E-state index contributed by atoms with van der Waals surface area (Å²) >= 11 is 0. The molecule has 0 aliphatic heterocycles. The number of nitrogens with zero attached hydrogens (tertiary/aromatic N) is 1. The zero-order valence-corrected chi connectivity index (χ0v) is 13.2. The number of amides is 2. The van der Waals surface area contributed by atoms with Crippen molar-refractivity contribution in [3.8, 4) is 0 Å². The van der Waals surface area contributed by atoms with Crippen LogP contribution in [0.2, 0.25) is 0 Å². The van der Waals surface area contributed by atoms with E-state index in [1.807, 2.05) is 25.1 Å². The molecule has 0 aliphatic rings. The second-order valence-corrected chi connectivity index (χ2v) is 5.31. The normalized spacial score (nSPS) is 10.1. The zero-order valence-electron chi connectivity index (χ0n) is 13.2. The SMILES string of the molecule is Cc1ccc(F)cc1C(=O)NNC(=O)c1cccc(N(C)C)c1. The molecule has 0 atom stereocenters. The number of carbonyl (C=O) groups is 2. The van der Waals surface area contributed by atoms with Crippen molar-refractivity contribution < 1.29 is 14.0 Å². The number of aryl methyl sites for hydroxylation is 1. The second kappa shape index (κ2) is 6.91. The van der Waals surface area contributed by atoms with E-state index in [1.54, 1.807) is 25.1 Å². The summed E-state index contributed by atoms with van der Waals surface area (Å²) in [6.45, 7) is 1.69. The number of carbonyl (C=O) groups excluding carboxylic acids is 2. The Morgan fingerprint density at radius 2 is 1.70 bits per heavy atom. The van der Waals surface area contributed by atoms with Crippen molar-refractivity contribution in [2.75, 3.05) is 19.0 Å². The molecular weight excluding hydrogens is 297 g/mol. The maximum absolute atomic E-state index is 13.2. The van der Waals surface area contributed by atoms with Crippen molar-refractivity contribution in [3.63, 3.8) is 0 Å². The van der Waals surface area contributed by atoms with Crippen molar-refractivity contribution in [1.29, 1.82) is 0 Å². The highest BCUT2D eigenvalue weighted by Crippen LogP contribution is 2.13. The maximum atomic E-state index is 13.2. The quantitative estimate of drug-likeness (QED) is 0.854. The molecule has 0 fully saturated rings. The first kappa shape index (κ1) is 16.5. The Morgan fingerprint density at radius 1 is 1.00 bits per heavy atom. The number of anilines is 1. The Labute approximate surface area is 134 Å². The van der Waals surface area contributed by atoms with E-state index in [4.69, 9.17) is 0 Å². The molecule has 0 radical (unpaired) electrons. The number of nitrogens with one attached hydrogen (secondary N) is 2. The fourth-order valence-corrected chi connectivity index (χ4v) is 2.02. The number of hydrogen-bond donors (Lipinski definition) is 2. The van der Waals surface area contributed by atoms with Crippen LogP contribution in [0.1, 0.15) is 26.3 Å². The Morgan fingerprint density at radius 3 is 2.39 bits per heavy atom. The van der Waals surface area contributed by atoms with E-state index < -0.39 is 17.6 Å². The van der Waals surface area contributed by atoms with Crippen LogP contribution < -0.4 is 15.8 Å². The lowest BCUT2D eigenvalue weighted by Gasteiger charge is -2.14. The molecule has 0 saturated heterocycles. The summed E-state index contributed by atoms with van der Waals surface area (Å²) in [7, 11) is 3.73. The second-order valence-electron chi connectivity index (χ2n) is 5.31. The van der Waals surface area contributed by atoms with Crippen molar-refractivity contribution >= 4 is 17.5 Å². The summed E-state index contributed by atoms with van der Waals surface area (Å²) < 4.78 is 13.2. The van der Waals surface area contributed by atoms with E-state index in [0.29, 0.717) is 11.1 Å². The van der Waals surface area contributed by atoms with E-state index in [9.17, 15) is 14.0 Å². The average molecular weight is 315 g/mol. The van der Waals surface area contributed by atoms with E-state index >= 15 is 0 Å². The van der Waals surface area contributed by atoms with Crippen molar-refractivity contribution in [2.24, 2.45) is 0 Å². The van der Waals surface area contributed by atoms with Gasteiger partial charge in [-0.25, -0.2) is 4.39 Å². The highest BCUT2D eigenvalue weighted by molar-refractivity contribution is 6.00. The van der Waals surface area contributed by atoms with Gasteiger partial charge in [-0.2, -0.15) is 0 Å². The minimum atomic E-state index is -0.570. The third kappa shape index (κ3) is 4.06. The summed E-state index contributed by atoms with van der Waals surface area (Å²) in [6, 6.07) is 10.9. The van der Waals surface area contributed by atoms with Crippen LogP contribution in [-0.4, -0.2) is 25.9 Å². The van der Waals surface area contributed by atoms with Crippen LogP contribution in [-0.2, 0) is 0 Å². The number of hydrazine groups is 1. The van der Waals surface area contributed by atoms with Gasteiger partial charge in [0.1, 0.15) is 5.82 Å². The predicted molar refractivity (Wildman–Crippen MR) is 86.8 cm³/mol. The van der Waals surface area contributed by atoms with Gasteiger partial charge in [0, 0.05) is 30.9 Å². The number of halogens is 1. The van der Waals surface area contributed by atoms with E-state index in [2.05, 4.69) is 10.9 Å². The molecule has 0 aliphatic carbocycles. The van der Waals surface area contributed by atoms with Crippen molar-refractivity contribution in [3.05, 3.63) is 65.0 Å². The van der Waals surface area contributed by atoms with Crippen LogP contribution in [0.25, 0.3) is 0 Å².